The third-order valence-corrected chi connectivity index (χ3v) is 3.69. The Morgan fingerprint density at radius 2 is 2.10 bits per heavy atom. The number of nitrogens with zero attached hydrogens (tertiary/aromatic N) is 1. The second-order valence-electron chi connectivity index (χ2n) is 5.82. The average molecular weight is 270 g/mol. The lowest BCUT2D eigenvalue weighted by Gasteiger charge is -2.35. The van der Waals surface area contributed by atoms with Crippen molar-refractivity contribution in [2.75, 3.05) is 25.0 Å². The van der Waals surface area contributed by atoms with Gasteiger partial charge in [-0.1, -0.05) is 25.8 Å². The molecule has 0 aliphatic carbocycles. The summed E-state index contributed by atoms with van der Waals surface area (Å²) in [4.78, 5) is 14.2. The summed E-state index contributed by atoms with van der Waals surface area (Å²) < 4.78 is 0. The van der Waals surface area contributed by atoms with Gasteiger partial charge in [-0.3, -0.25) is 4.79 Å². The van der Waals surface area contributed by atoms with Crippen LogP contribution in [0, 0.1) is 24.2 Å². The maximum atomic E-state index is 12.2. The largest absolute Gasteiger partial charge is 0.376 e. The molecule has 1 aliphatic heterocycles. The number of terminal acetylenes is 1. The number of carbonyl (C=O) groups is 1. The SMILES string of the molecule is C#Cc1cccc(NCC(=O)N2CC(C)CC(C)C2)c1. The lowest BCUT2D eigenvalue weighted by molar-refractivity contribution is -0.131. The number of likely N-dealkylation sites (tertiary alicyclic amines) is 1. The van der Waals surface area contributed by atoms with Crippen LogP contribution in [0.15, 0.2) is 24.3 Å². The molecule has 0 aromatic heterocycles. The second-order valence-corrected chi connectivity index (χ2v) is 5.82. The first-order valence-corrected chi connectivity index (χ1v) is 7.17. The monoisotopic (exact) mass is 270 g/mol. The smallest absolute Gasteiger partial charge is 0.241 e. The fourth-order valence-corrected chi connectivity index (χ4v) is 2.87. The molecule has 1 amide bonds. The molecule has 2 unspecified atom stereocenters. The van der Waals surface area contributed by atoms with Gasteiger partial charge in [-0.15, -0.1) is 6.42 Å². The lowest BCUT2D eigenvalue weighted by atomic mass is 9.92. The van der Waals surface area contributed by atoms with Crippen LogP contribution in [0.1, 0.15) is 25.8 Å². The Kier molecular flexibility index (Phi) is 4.68. The van der Waals surface area contributed by atoms with Crippen LogP contribution >= 0.6 is 0 Å². The molecule has 1 saturated heterocycles. The maximum Gasteiger partial charge on any atom is 0.241 e. The molecule has 1 aromatic rings. The van der Waals surface area contributed by atoms with Gasteiger partial charge in [-0.05, 0) is 36.5 Å². The molecule has 0 saturated carbocycles. The van der Waals surface area contributed by atoms with Crippen molar-refractivity contribution in [2.24, 2.45) is 11.8 Å². The van der Waals surface area contributed by atoms with Crippen molar-refractivity contribution in [1.29, 1.82) is 0 Å². The highest BCUT2D eigenvalue weighted by molar-refractivity contribution is 5.81. The molecule has 1 heterocycles. The van der Waals surface area contributed by atoms with E-state index in [1.807, 2.05) is 29.2 Å². The van der Waals surface area contributed by atoms with E-state index in [4.69, 9.17) is 6.42 Å². The summed E-state index contributed by atoms with van der Waals surface area (Å²) in [7, 11) is 0. The van der Waals surface area contributed by atoms with Crippen LogP contribution in [0.3, 0.4) is 0 Å². The summed E-state index contributed by atoms with van der Waals surface area (Å²) >= 11 is 0. The van der Waals surface area contributed by atoms with Gasteiger partial charge in [0.2, 0.25) is 5.91 Å². The minimum Gasteiger partial charge on any atom is -0.376 e. The number of rotatable bonds is 3. The van der Waals surface area contributed by atoms with Gasteiger partial charge in [0.1, 0.15) is 0 Å². The van der Waals surface area contributed by atoms with Gasteiger partial charge in [-0.25, -0.2) is 0 Å². The molecular weight excluding hydrogens is 248 g/mol. The minimum absolute atomic E-state index is 0.162. The minimum atomic E-state index is 0.162. The van der Waals surface area contributed by atoms with Crippen molar-refractivity contribution in [1.82, 2.24) is 4.90 Å². The molecule has 0 spiro atoms. The highest BCUT2D eigenvalue weighted by Gasteiger charge is 2.24. The van der Waals surface area contributed by atoms with Crippen LogP contribution in [0.25, 0.3) is 0 Å². The lowest BCUT2D eigenvalue weighted by Crippen LogP contribution is -2.44. The molecule has 1 aliphatic rings. The van der Waals surface area contributed by atoms with E-state index in [9.17, 15) is 4.79 Å². The van der Waals surface area contributed by atoms with Crippen molar-refractivity contribution >= 4 is 11.6 Å². The Hall–Kier alpha value is -1.95. The van der Waals surface area contributed by atoms with Crippen LogP contribution < -0.4 is 5.32 Å². The van der Waals surface area contributed by atoms with E-state index in [0.29, 0.717) is 18.4 Å². The maximum absolute atomic E-state index is 12.2. The van der Waals surface area contributed by atoms with Gasteiger partial charge in [0.25, 0.3) is 0 Å². The van der Waals surface area contributed by atoms with E-state index in [1.165, 1.54) is 6.42 Å². The first-order valence-electron chi connectivity index (χ1n) is 7.17. The summed E-state index contributed by atoms with van der Waals surface area (Å²) in [5, 5.41) is 3.16. The molecule has 0 radical (unpaired) electrons. The summed E-state index contributed by atoms with van der Waals surface area (Å²) in [5.41, 5.74) is 1.72. The highest BCUT2D eigenvalue weighted by Crippen LogP contribution is 2.21. The number of piperidine rings is 1. The summed E-state index contributed by atoms with van der Waals surface area (Å²) in [6.07, 6.45) is 6.58. The number of hydrogen-bond donors (Lipinski definition) is 1. The van der Waals surface area contributed by atoms with Crippen molar-refractivity contribution < 1.29 is 4.79 Å². The van der Waals surface area contributed by atoms with Gasteiger partial charge in [-0.2, -0.15) is 0 Å². The van der Waals surface area contributed by atoms with Crippen molar-refractivity contribution in [3.63, 3.8) is 0 Å². The Bertz CT molecular complexity index is 508. The van der Waals surface area contributed by atoms with E-state index in [1.54, 1.807) is 0 Å². The van der Waals surface area contributed by atoms with Crippen LogP contribution in [0.5, 0.6) is 0 Å². The predicted molar refractivity (Wildman–Crippen MR) is 82.4 cm³/mol. The van der Waals surface area contributed by atoms with Crippen LogP contribution in [0.4, 0.5) is 5.69 Å². The van der Waals surface area contributed by atoms with Gasteiger partial charge < -0.3 is 10.2 Å². The Balaban J connectivity index is 1.90. The first kappa shape index (κ1) is 14.5. The second kappa shape index (κ2) is 6.47. The summed E-state index contributed by atoms with van der Waals surface area (Å²) in [6, 6.07) is 7.58. The quantitative estimate of drug-likeness (QED) is 0.856. The van der Waals surface area contributed by atoms with Crippen molar-refractivity contribution in [3.05, 3.63) is 29.8 Å². The average Bonchev–Trinajstić information content (AvgIpc) is 2.44. The summed E-state index contributed by atoms with van der Waals surface area (Å²) in [6.45, 7) is 6.48. The molecule has 3 nitrogen and oxygen atoms in total. The Morgan fingerprint density at radius 3 is 2.75 bits per heavy atom. The van der Waals surface area contributed by atoms with Crippen LogP contribution in [-0.2, 0) is 4.79 Å². The molecule has 2 atom stereocenters. The normalized spacial score (nSPS) is 22.1. The predicted octanol–water partition coefficient (Wildman–Crippen LogP) is 2.58. The number of anilines is 1. The van der Waals surface area contributed by atoms with E-state index in [2.05, 4.69) is 25.1 Å². The number of hydrogen-bond acceptors (Lipinski definition) is 2. The fourth-order valence-electron chi connectivity index (χ4n) is 2.87. The third-order valence-electron chi connectivity index (χ3n) is 3.69. The van der Waals surface area contributed by atoms with Gasteiger partial charge in [0.05, 0.1) is 6.54 Å². The van der Waals surface area contributed by atoms with E-state index in [0.717, 1.165) is 24.3 Å². The zero-order valence-corrected chi connectivity index (χ0v) is 12.2. The molecule has 0 bridgehead atoms. The topological polar surface area (TPSA) is 32.3 Å². The molecular formula is C17H22N2O. The molecule has 106 valence electrons. The molecule has 3 heteroatoms. The zero-order chi connectivity index (χ0) is 14.5. The standard InChI is InChI=1S/C17H22N2O/c1-4-15-6-5-7-16(9-15)18-10-17(20)19-11-13(2)8-14(3)12-19/h1,5-7,9,13-14,18H,8,10-12H2,2-3H3. The molecule has 2 rings (SSSR count). The number of nitrogens with one attached hydrogen (secondary N) is 1. The number of benzene rings is 1. The van der Waals surface area contributed by atoms with Crippen LogP contribution in [-0.4, -0.2) is 30.4 Å². The van der Waals surface area contributed by atoms with Crippen LogP contribution in [0.2, 0.25) is 0 Å². The fraction of sp³-hybridized carbons (Fsp3) is 0.471. The highest BCUT2D eigenvalue weighted by atomic mass is 16.2. The van der Waals surface area contributed by atoms with E-state index in [-0.39, 0.29) is 5.91 Å². The molecule has 1 fully saturated rings. The molecule has 1 N–H and O–H groups in total. The van der Waals surface area contributed by atoms with E-state index < -0.39 is 0 Å². The molecule has 20 heavy (non-hydrogen) atoms. The molecule has 1 aromatic carbocycles. The van der Waals surface area contributed by atoms with Gasteiger partial charge in [0.15, 0.2) is 0 Å². The Labute approximate surface area is 121 Å². The van der Waals surface area contributed by atoms with E-state index >= 15 is 0 Å². The summed E-state index contributed by atoms with van der Waals surface area (Å²) in [5.74, 6) is 3.94. The number of carbonyl (C=O) groups excluding carboxylic acids is 1. The zero-order valence-electron chi connectivity index (χ0n) is 12.2. The van der Waals surface area contributed by atoms with Gasteiger partial charge >= 0.3 is 0 Å². The van der Waals surface area contributed by atoms with Crippen molar-refractivity contribution in [2.45, 2.75) is 20.3 Å². The first-order chi connectivity index (χ1) is 9.58. The van der Waals surface area contributed by atoms with Gasteiger partial charge in [0, 0.05) is 24.3 Å². The Morgan fingerprint density at radius 1 is 1.40 bits per heavy atom. The number of amides is 1. The third kappa shape index (κ3) is 3.77. The van der Waals surface area contributed by atoms with Crippen molar-refractivity contribution in [3.8, 4) is 12.3 Å².